The van der Waals surface area contributed by atoms with Gasteiger partial charge in [-0.2, -0.15) is 0 Å². The van der Waals surface area contributed by atoms with Crippen LogP contribution in [0.2, 0.25) is 0 Å². The van der Waals surface area contributed by atoms with Gasteiger partial charge in [-0.15, -0.1) is 11.3 Å². The summed E-state index contributed by atoms with van der Waals surface area (Å²) in [6.45, 7) is 6.69. The Morgan fingerprint density at radius 2 is 2.19 bits per heavy atom. The summed E-state index contributed by atoms with van der Waals surface area (Å²) in [7, 11) is 0. The number of thiophene rings is 1. The number of rotatable bonds is 5. The van der Waals surface area contributed by atoms with Gasteiger partial charge >= 0.3 is 5.97 Å². The van der Waals surface area contributed by atoms with Crippen LogP contribution in [0, 0.1) is 13.8 Å². The summed E-state index contributed by atoms with van der Waals surface area (Å²) in [6, 6.07) is 0.395. The molecule has 1 aliphatic carbocycles. The molecule has 2 aromatic heterocycles. The standard InChI is InChI=1S/C15H19N3O2S/c1-4-20-12(19)7-18(11-5-6-11)14-13-9(2)10(3)21-15(13)17-8-16-14/h8,11H,4-7H2,1-3H3. The number of esters is 1. The molecule has 0 amide bonds. The van der Waals surface area contributed by atoms with Crippen molar-refractivity contribution in [3.8, 4) is 0 Å². The number of ether oxygens (including phenoxy) is 1. The molecule has 1 aliphatic rings. The van der Waals surface area contributed by atoms with Gasteiger partial charge in [0.25, 0.3) is 0 Å². The van der Waals surface area contributed by atoms with Crippen LogP contribution in [0.3, 0.4) is 0 Å². The maximum atomic E-state index is 11.9. The molecule has 0 bridgehead atoms. The number of hydrogen-bond donors (Lipinski definition) is 0. The van der Waals surface area contributed by atoms with E-state index in [0.29, 0.717) is 12.6 Å². The average molecular weight is 305 g/mol. The van der Waals surface area contributed by atoms with E-state index < -0.39 is 0 Å². The predicted octanol–water partition coefficient (Wildman–Crippen LogP) is 2.84. The minimum Gasteiger partial charge on any atom is -0.465 e. The van der Waals surface area contributed by atoms with Crippen molar-refractivity contribution in [3.05, 3.63) is 16.8 Å². The van der Waals surface area contributed by atoms with Gasteiger partial charge < -0.3 is 9.64 Å². The second-order valence-electron chi connectivity index (χ2n) is 5.32. The van der Waals surface area contributed by atoms with Gasteiger partial charge in [0.2, 0.25) is 0 Å². The summed E-state index contributed by atoms with van der Waals surface area (Å²) in [6.07, 6.45) is 3.80. The van der Waals surface area contributed by atoms with Crippen molar-refractivity contribution in [2.45, 2.75) is 39.7 Å². The molecule has 1 saturated carbocycles. The predicted molar refractivity (Wildman–Crippen MR) is 83.9 cm³/mol. The summed E-state index contributed by atoms with van der Waals surface area (Å²) in [5.74, 6) is 0.679. The van der Waals surface area contributed by atoms with Crippen molar-refractivity contribution in [3.63, 3.8) is 0 Å². The lowest BCUT2D eigenvalue weighted by Crippen LogP contribution is -2.33. The molecule has 0 aliphatic heterocycles. The van der Waals surface area contributed by atoms with E-state index in [1.807, 2.05) is 6.92 Å². The Hall–Kier alpha value is -1.69. The zero-order chi connectivity index (χ0) is 15.0. The number of fused-ring (bicyclic) bond motifs is 1. The smallest absolute Gasteiger partial charge is 0.325 e. The molecule has 0 radical (unpaired) electrons. The first kappa shape index (κ1) is 14.3. The van der Waals surface area contributed by atoms with Crippen LogP contribution < -0.4 is 4.90 Å². The summed E-state index contributed by atoms with van der Waals surface area (Å²) < 4.78 is 5.10. The second kappa shape index (κ2) is 5.60. The second-order valence-corrected chi connectivity index (χ2v) is 6.53. The van der Waals surface area contributed by atoms with Crippen molar-refractivity contribution in [1.82, 2.24) is 9.97 Å². The van der Waals surface area contributed by atoms with Crippen LogP contribution in [0.4, 0.5) is 5.82 Å². The SMILES string of the molecule is CCOC(=O)CN(c1ncnc2sc(C)c(C)c12)C1CC1. The highest BCUT2D eigenvalue weighted by Crippen LogP contribution is 2.38. The fraction of sp³-hybridized carbons (Fsp3) is 0.533. The van der Waals surface area contributed by atoms with E-state index in [1.165, 1.54) is 10.4 Å². The molecule has 21 heavy (non-hydrogen) atoms. The third-order valence-electron chi connectivity index (χ3n) is 3.81. The van der Waals surface area contributed by atoms with Gasteiger partial charge in [0.15, 0.2) is 0 Å². The highest BCUT2D eigenvalue weighted by Gasteiger charge is 2.33. The number of anilines is 1. The van der Waals surface area contributed by atoms with E-state index in [0.717, 1.165) is 28.9 Å². The molecular weight excluding hydrogens is 286 g/mol. The number of carbonyl (C=O) groups excluding carboxylic acids is 1. The van der Waals surface area contributed by atoms with Crippen LogP contribution in [0.5, 0.6) is 0 Å². The maximum Gasteiger partial charge on any atom is 0.325 e. The Morgan fingerprint density at radius 1 is 1.43 bits per heavy atom. The van der Waals surface area contributed by atoms with E-state index in [2.05, 4.69) is 28.7 Å². The average Bonchev–Trinajstić information content (AvgIpc) is 3.24. The van der Waals surface area contributed by atoms with Gasteiger partial charge in [-0.1, -0.05) is 0 Å². The van der Waals surface area contributed by atoms with E-state index in [9.17, 15) is 4.79 Å². The Kier molecular flexibility index (Phi) is 3.80. The minimum absolute atomic E-state index is 0.194. The van der Waals surface area contributed by atoms with Crippen molar-refractivity contribution in [1.29, 1.82) is 0 Å². The zero-order valence-corrected chi connectivity index (χ0v) is 13.4. The molecule has 6 heteroatoms. The Bertz CT molecular complexity index is 679. The molecule has 0 atom stereocenters. The van der Waals surface area contributed by atoms with E-state index >= 15 is 0 Å². The number of hydrogen-bond acceptors (Lipinski definition) is 6. The molecule has 112 valence electrons. The van der Waals surface area contributed by atoms with Crippen LogP contribution in [-0.4, -0.2) is 35.1 Å². The normalized spacial score (nSPS) is 14.4. The highest BCUT2D eigenvalue weighted by molar-refractivity contribution is 7.18. The third kappa shape index (κ3) is 2.72. The van der Waals surface area contributed by atoms with Gasteiger partial charge in [0, 0.05) is 10.9 Å². The molecular formula is C15H19N3O2S. The lowest BCUT2D eigenvalue weighted by atomic mass is 10.2. The number of aromatic nitrogens is 2. The summed E-state index contributed by atoms with van der Waals surface area (Å²) in [5, 5.41) is 1.08. The van der Waals surface area contributed by atoms with Crippen LogP contribution in [0.25, 0.3) is 10.2 Å². The monoisotopic (exact) mass is 305 g/mol. The number of aryl methyl sites for hydroxylation is 2. The largest absolute Gasteiger partial charge is 0.465 e. The fourth-order valence-corrected chi connectivity index (χ4v) is 3.48. The van der Waals surface area contributed by atoms with Gasteiger partial charge in [0.1, 0.15) is 23.5 Å². The molecule has 1 fully saturated rings. The van der Waals surface area contributed by atoms with Crippen molar-refractivity contribution in [2.24, 2.45) is 0 Å². The van der Waals surface area contributed by atoms with Crippen LogP contribution >= 0.6 is 11.3 Å². The summed E-state index contributed by atoms with van der Waals surface area (Å²) in [5.41, 5.74) is 1.21. The third-order valence-corrected chi connectivity index (χ3v) is 4.93. The summed E-state index contributed by atoms with van der Waals surface area (Å²) >= 11 is 1.68. The number of carbonyl (C=O) groups is 1. The van der Waals surface area contributed by atoms with Gasteiger partial charge in [-0.05, 0) is 39.2 Å². The maximum absolute atomic E-state index is 11.9. The highest BCUT2D eigenvalue weighted by atomic mass is 32.1. The molecule has 0 unspecified atom stereocenters. The molecule has 0 aromatic carbocycles. The first-order valence-electron chi connectivity index (χ1n) is 7.24. The van der Waals surface area contributed by atoms with Crippen molar-refractivity contribution >= 4 is 33.3 Å². The zero-order valence-electron chi connectivity index (χ0n) is 12.5. The van der Waals surface area contributed by atoms with Crippen molar-refractivity contribution in [2.75, 3.05) is 18.1 Å². The molecule has 3 rings (SSSR count). The van der Waals surface area contributed by atoms with Crippen molar-refractivity contribution < 1.29 is 9.53 Å². The van der Waals surface area contributed by atoms with E-state index in [-0.39, 0.29) is 12.5 Å². The molecule has 0 N–H and O–H groups in total. The van der Waals surface area contributed by atoms with Gasteiger partial charge in [-0.3, -0.25) is 4.79 Å². The van der Waals surface area contributed by atoms with Gasteiger partial charge in [-0.25, -0.2) is 9.97 Å². The minimum atomic E-state index is -0.194. The lowest BCUT2D eigenvalue weighted by molar-refractivity contribution is -0.141. The lowest BCUT2D eigenvalue weighted by Gasteiger charge is -2.23. The molecule has 2 heterocycles. The fourth-order valence-electron chi connectivity index (χ4n) is 2.49. The molecule has 0 saturated heterocycles. The molecule has 0 spiro atoms. The topological polar surface area (TPSA) is 55.3 Å². The van der Waals surface area contributed by atoms with E-state index in [1.54, 1.807) is 17.7 Å². The molecule has 5 nitrogen and oxygen atoms in total. The quantitative estimate of drug-likeness (QED) is 0.795. The van der Waals surface area contributed by atoms with Crippen LogP contribution in [-0.2, 0) is 9.53 Å². The summed E-state index contributed by atoms with van der Waals surface area (Å²) in [4.78, 5) is 25.0. The Labute approximate surface area is 128 Å². The first-order chi connectivity index (χ1) is 10.1. The Balaban J connectivity index is 2.01. The molecule has 2 aromatic rings. The van der Waals surface area contributed by atoms with Gasteiger partial charge in [0.05, 0.1) is 12.0 Å². The van der Waals surface area contributed by atoms with E-state index in [4.69, 9.17) is 4.74 Å². The Morgan fingerprint density at radius 3 is 2.86 bits per heavy atom. The first-order valence-corrected chi connectivity index (χ1v) is 8.06. The van der Waals surface area contributed by atoms with Crippen LogP contribution in [0.15, 0.2) is 6.33 Å². The van der Waals surface area contributed by atoms with Crippen LogP contribution in [0.1, 0.15) is 30.2 Å². The number of nitrogens with zero attached hydrogens (tertiary/aromatic N) is 3.